The molecule has 0 spiro atoms. The maximum absolute atomic E-state index is 13.1. The average molecular weight is 485 g/mol. The van der Waals surface area contributed by atoms with Gasteiger partial charge in [-0.15, -0.1) is 0 Å². The van der Waals surface area contributed by atoms with Crippen LogP contribution in [0.1, 0.15) is 41.8 Å². The van der Waals surface area contributed by atoms with Crippen molar-refractivity contribution in [2.24, 2.45) is 5.10 Å². The largest absolute Gasteiger partial charge is 0.494 e. The summed E-state index contributed by atoms with van der Waals surface area (Å²) in [7, 11) is 0. The minimum atomic E-state index is -0.353. The maximum atomic E-state index is 13.1. The van der Waals surface area contributed by atoms with E-state index in [-0.39, 0.29) is 18.3 Å². The van der Waals surface area contributed by atoms with Crippen LogP contribution in [-0.2, 0) is 6.61 Å². The number of benzene rings is 3. The van der Waals surface area contributed by atoms with Gasteiger partial charge in [0.05, 0.1) is 24.5 Å². The molecule has 0 aliphatic rings. The van der Waals surface area contributed by atoms with Crippen molar-refractivity contribution in [2.45, 2.75) is 26.9 Å². The number of nitrogens with one attached hydrogen (secondary N) is 1. The van der Waals surface area contributed by atoms with Crippen molar-refractivity contribution in [1.82, 2.24) is 5.43 Å². The van der Waals surface area contributed by atoms with Gasteiger partial charge in [-0.3, -0.25) is 4.79 Å². The highest BCUT2D eigenvalue weighted by Gasteiger charge is 2.13. The van der Waals surface area contributed by atoms with Gasteiger partial charge in [0.25, 0.3) is 5.91 Å². The van der Waals surface area contributed by atoms with Crippen LogP contribution >= 0.6 is 11.6 Å². The Morgan fingerprint density at radius 1 is 1.03 bits per heavy atom. The van der Waals surface area contributed by atoms with Gasteiger partial charge < -0.3 is 14.2 Å². The lowest BCUT2D eigenvalue weighted by Crippen LogP contribution is -2.17. The Labute approximate surface area is 203 Å². The molecule has 3 aromatic carbocycles. The number of carbonyl (C=O) groups excluding carboxylic acids is 1. The van der Waals surface area contributed by atoms with Gasteiger partial charge in [-0.05, 0) is 73.0 Å². The smallest absolute Gasteiger partial charge is 0.271 e. The van der Waals surface area contributed by atoms with Crippen LogP contribution in [0, 0.1) is 5.82 Å². The summed E-state index contributed by atoms with van der Waals surface area (Å²) < 4.78 is 30.1. The predicted molar refractivity (Wildman–Crippen MR) is 131 cm³/mol. The maximum Gasteiger partial charge on any atom is 0.271 e. The van der Waals surface area contributed by atoms with Crippen LogP contribution in [0.5, 0.6) is 17.2 Å². The minimum absolute atomic E-state index is 0.200. The number of hydrogen-bond donors (Lipinski definition) is 1. The first-order valence-corrected chi connectivity index (χ1v) is 11.3. The Morgan fingerprint density at radius 3 is 2.44 bits per heavy atom. The fourth-order valence-electron chi connectivity index (χ4n) is 2.95. The Balaban J connectivity index is 1.65. The van der Waals surface area contributed by atoms with Gasteiger partial charge in [-0.2, -0.15) is 5.10 Å². The van der Waals surface area contributed by atoms with Crippen molar-refractivity contribution < 1.29 is 23.4 Å². The van der Waals surface area contributed by atoms with Crippen LogP contribution < -0.4 is 19.6 Å². The van der Waals surface area contributed by atoms with Crippen molar-refractivity contribution in [2.75, 3.05) is 13.2 Å². The lowest BCUT2D eigenvalue weighted by Gasteiger charge is -2.14. The molecule has 6 nitrogen and oxygen atoms in total. The predicted octanol–water partition coefficient (Wildman–Crippen LogP) is 6.01. The average Bonchev–Trinajstić information content (AvgIpc) is 2.84. The zero-order chi connectivity index (χ0) is 24.3. The molecule has 0 heterocycles. The first-order valence-electron chi connectivity index (χ1n) is 10.9. The fourth-order valence-corrected chi connectivity index (χ4v) is 3.23. The van der Waals surface area contributed by atoms with Crippen molar-refractivity contribution in [3.63, 3.8) is 0 Å². The summed E-state index contributed by atoms with van der Waals surface area (Å²) in [5, 5.41) is 4.34. The molecule has 8 heteroatoms. The summed E-state index contributed by atoms with van der Waals surface area (Å²) in [6.45, 7) is 5.10. The van der Waals surface area contributed by atoms with E-state index in [0.717, 1.165) is 12.0 Å². The molecule has 0 unspecified atom stereocenters. The number of amides is 1. The van der Waals surface area contributed by atoms with E-state index in [1.54, 1.807) is 48.5 Å². The highest BCUT2D eigenvalue weighted by Crippen LogP contribution is 2.37. The molecule has 3 aromatic rings. The van der Waals surface area contributed by atoms with Gasteiger partial charge in [0.1, 0.15) is 18.2 Å². The van der Waals surface area contributed by atoms with Gasteiger partial charge in [0.15, 0.2) is 11.5 Å². The quantitative estimate of drug-likeness (QED) is 0.267. The standard InChI is InChI=1S/C26H26ClFN2O4/c1-3-13-33-22-11-7-20(8-12-22)26(31)30-29-16-19-14-23(27)25(24(15-19)32-4-2)34-17-18-5-9-21(28)10-6-18/h5-12,14-16H,3-4,13,17H2,1-2H3,(H,30,31)/b29-16+. The Bertz CT molecular complexity index is 1120. The van der Waals surface area contributed by atoms with Crippen molar-refractivity contribution in [3.05, 3.63) is 88.2 Å². The van der Waals surface area contributed by atoms with E-state index in [0.29, 0.717) is 46.6 Å². The first kappa shape index (κ1) is 25.1. The summed E-state index contributed by atoms with van der Waals surface area (Å²) in [4.78, 5) is 12.3. The van der Waals surface area contributed by atoms with E-state index in [4.69, 9.17) is 25.8 Å². The Morgan fingerprint density at radius 2 is 1.76 bits per heavy atom. The monoisotopic (exact) mass is 484 g/mol. The molecule has 3 rings (SSSR count). The molecule has 0 atom stereocenters. The van der Waals surface area contributed by atoms with Crippen LogP contribution in [0.15, 0.2) is 65.8 Å². The van der Waals surface area contributed by atoms with Gasteiger partial charge in [0.2, 0.25) is 0 Å². The Kier molecular flexibility index (Phi) is 9.29. The second-order valence-corrected chi connectivity index (χ2v) is 7.66. The van der Waals surface area contributed by atoms with Crippen molar-refractivity contribution in [1.29, 1.82) is 0 Å². The van der Waals surface area contributed by atoms with Crippen molar-refractivity contribution >= 4 is 23.7 Å². The van der Waals surface area contributed by atoms with Crippen LogP contribution in [0.2, 0.25) is 5.02 Å². The third kappa shape index (κ3) is 7.22. The lowest BCUT2D eigenvalue weighted by atomic mass is 10.2. The molecule has 178 valence electrons. The van der Waals surface area contributed by atoms with Gasteiger partial charge in [-0.25, -0.2) is 9.82 Å². The van der Waals surface area contributed by atoms with Gasteiger partial charge in [0, 0.05) is 5.56 Å². The normalized spacial score (nSPS) is 10.8. The number of hydrogen-bond acceptors (Lipinski definition) is 5. The van der Waals surface area contributed by atoms with Crippen molar-refractivity contribution in [3.8, 4) is 17.2 Å². The van der Waals surface area contributed by atoms with Gasteiger partial charge in [-0.1, -0.05) is 30.7 Å². The summed E-state index contributed by atoms with van der Waals surface area (Å²) in [6.07, 6.45) is 2.38. The second kappa shape index (κ2) is 12.6. The third-order valence-corrected chi connectivity index (χ3v) is 4.88. The Hall–Kier alpha value is -3.58. The van der Waals surface area contributed by atoms with E-state index in [2.05, 4.69) is 10.5 Å². The molecule has 0 saturated heterocycles. The third-order valence-electron chi connectivity index (χ3n) is 4.60. The molecule has 0 aliphatic carbocycles. The van der Waals surface area contributed by atoms with Crippen LogP contribution in [0.3, 0.4) is 0 Å². The first-order chi connectivity index (χ1) is 16.5. The molecule has 34 heavy (non-hydrogen) atoms. The SMILES string of the molecule is CCCOc1ccc(C(=O)N/N=C/c2cc(Cl)c(OCc3ccc(F)cc3)c(OCC)c2)cc1. The zero-order valence-electron chi connectivity index (χ0n) is 19.0. The van der Waals surface area contributed by atoms with E-state index < -0.39 is 0 Å². The molecule has 1 N–H and O–H groups in total. The molecule has 1 amide bonds. The second-order valence-electron chi connectivity index (χ2n) is 7.25. The molecule has 0 radical (unpaired) electrons. The number of carbonyl (C=O) groups is 1. The minimum Gasteiger partial charge on any atom is -0.494 e. The molecule has 0 saturated carbocycles. The summed E-state index contributed by atoms with van der Waals surface area (Å²) >= 11 is 6.42. The van der Waals surface area contributed by atoms with E-state index in [1.165, 1.54) is 18.3 Å². The fraction of sp³-hybridized carbons (Fsp3) is 0.231. The van der Waals surface area contributed by atoms with E-state index in [1.807, 2.05) is 13.8 Å². The molecule has 0 bridgehead atoms. The topological polar surface area (TPSA) is 69.2 Å². The molecule has 0 aliphatic heterocycles. The number of hydrazone groups is 1. The van der Waals surface area contributed by atoms with Crippen LogP contribution in [0.25, 0.3) is 0 Å². The van der Waals surface area contributed by atoms with E-state index in [9.17, 15) is 9.18 Å². The molecular weight excluding hydrogens is 459 g/mol. The molecule has 0 aromatic heterocycles. The van der Waals surface area contributed by atoms with Gasteiger partial charge >= 0.3 is 0 Å². The van der Waals surface area contributed by atoms with E-state index >= 15 is 0 Å². The highest BCUT2D eigenvalue weighted by atomic mass is 35.5. The summed E-state index contributed by atoms with van der Waals surface area (Å²) in [5.41, 5.74) is 4.35. The zero-order valence-corrected chi connectivity index (χ0v) is 19.8. The number of halogens is 2. The lowest BCUT2D eigenvalue weighted by molar-refractivity contribution is 0.0955. The highest BCUT2D eigenvalue weighted by molar-refractivity contribution is 6.32. The number of rotatable bonds is 11. The summed E-state index contributed by atoms with van der Waals surface area (Å²) in [6, 6.07) is 16.2. The van der Waals surface area contributed by atoms with Crippen LogP contribution in [-0.4, -0.2) is 25.3 Å². The number of ether oxygens (including phenoxy) is 3. The molecular formula is C26H26ClFN2O4. The number of nitrogens with zero attached hydrogens (tertiary/aromatic N) is 1. The van der Waals surface area contributed by atoms with Crippen LogP contribution in [0.4, 0.5) is 4.39 Å². The summed E-state index contributed by atoms with van der Waals surface area (Å²) in [5.74, 6) is 0.855. The molecule has 0 fully saturated rings.